The van der Waals surface area contributed by atoms with E-state index < -0.39 is 5.76 Å². The Morgan fingerprint density at radius 2 is 1.80 bits per heavy atom. The number of carbonyl (C=O) groups is 1. The first kappa shape index (κ1) is 17.9. The van der Waals surface area contributed by atoms with Crippen molar-refractivity contribution >= 4 is 51.8 Å². The van der Waals surface area contributed by atoms with Crippen molar-refractivity contribution in [3.8, 4) is 0 Å². The summed E-state index contributed by atoms with van der Waals surface area (Å²) in [7, 11) is 0. The lowest BCUT2D eigenvalue weighted by Crippen LogP contribution is -2.25. The number of fused-ring (bicyclic) bond motifs is 1. The van der Waals surface area contributed by atoms with Crippen LogP contribution in [0.5, 0.6) is 0 Å². The van der Waals surface area contributed by atoms with Gasteiger partial charge in [-0.1, -0.05) is 40.9 Å². The van der Waals surface area contributed by atoms with E-state index in [1.807, 2.05) is 0 Å². The molecule has 5 nitrogen and oxygen atoms in total. The zero-order valence-electron chi connectivity index (χ0n) is 12.9. The molecule has 1 amide bonds. The molecule has 1 aromatic heterocycles. The summed E-state index contributed by atoms with van der Waals surface area (Å²) in [6.45, 7) is 0.485. The largest absolute Gasteiger partial charge is 0.419 e. The molecule has 3 aromatic rings. The van der Waals surface area contributed by atoms with Crippen LogP contribution in [0.4, 0.5) is 0 Å². The number of carbonyl (C=O) groups excluding carboxylic acids is 1. The van der Waals surface area contributed by atoms with Crippen LogP contribution in [0.1, 0.15) is 12.0 Å². The van der Waals surface area contributed by atoms with E-state index in [4.69, 9.17) is 39.2 Å². The van der Waals surface area contributed by atoms with Crippen molar-refractivity contribution in [2.24, 2.45) is 0 Å². The molecule has 0 atom stereocenters. The van der Waals surface area contributed by atoms with Crippen molar-refractivity contribution in [1.29, 1.82) is 0 Å². The average Bonchev–Trinajstić information content (AvgIpc) is 2.86. The summed E-state index contributed by atoms with van der Waals surface area (Å²) in [6, 6.07) is 10.00. The highest BCUT2D eigenvalue weighted by atomic mass is 35.5. The number of halogens is 3. The Morgan fingerprint density at radius 3 is 2.56 bits per heavy atom. The van der Waals surface area contributed by atoms with Gasteiger partial charge in [0.15, 0.2) is 5.58 Å². The molecule has 0 saturated carbocycles. The van der Waals surface area contributed by atoms with E-state index in [0.29, 0.717) is 26.2 Å². The summed E-state index contributed by atoms with van der Waals surface area (Å²) in [5, 5.41) is 4.26. The van der Waals surface area contributed by atoms with Gasteiger partial charge in [0, 0.05) is 40.6 Å². The van der Waals surface area contributed by atoms with Crippen molar-refractivity contribution in [3.63, 3.8) is 0 Å². The normalized spacial score (nSPS) is 11.0. The van der Waals surface area contributed by atoms with Crippen LogP contribution < -0.4 is 11.1 Å². The molecule has 3 rings (SSSR count). The number of nitrogens with zero attached hydrogens (tertiary/aromatic N) is 1. The Labute approximate surface area is 158 Å². The predicted molar refractivity (Wildman–Crippen MR) is 98.4 cm³/mol. The van der Waals surface area contributed by atoms with Gasteiger partial charge < -0.3 is 9.73 Å². The molecule has 25 heavy (non-hydrogen) atoms. The third-order valence-electron chi connectivity index (χ3n) is 3.68. The molecule has 0 radical (unpaired) electrons. The lowest BCUT2D eigenvalue weighted by atomic mass is 10.2. The van der Waals surface area contributed by atoms with Gasteiger partial charge in [-0.05, 0) is 29.8 Å². The van der Waals surface area contributed by atoms with Crippen LogP contribution in [-0.2, 0) is 17.9 Å². The Balaban J connectivity index is 1.63. The molecule has 0 aliphatic rings. The number of oxazole rings is 1. The summed E-state index contributed by atoms with van der Waals surface area (Å²) in [4.78, 5) is 24.0. The molecule has 1 N–H and O–H groups in total. The molecular weight excluding hydrogens is 387 g/mol. The molecule has 0 aliphatic heterocycles. The highest BCUT2D eigenvalue weighted by Crippen LogP contribution is 2.21. The number of aryl methyl sites for hydroxylation is 1. The topological polar surface area (TPSA) is 64.2 Å². The average molecular weight is 400 g/mol. The second-order valence-corrected chi connectivity index (χ2v) is 6.67. The van der Waals surface area contributed by atoms with Gasteiger partial charge in [-0.15, -0.1) is 0 Å². The van der Waals surface area contributed by atoms with E-state index in [2.05, 4.69) is 5.32 Å². The van der Waals surface area contributed by atoms with Crippen molar-refractivity contribution in [2.45, 2.75) is 19.5 Å². The first-order chi connectivity index (χ1) is 11.9. The van der Waals surface area contributed by atoms with Crippen LogP contribution >= 0.6 is 34.8 Å². The molecule has 0 saturated heterocycles. The number of hydrogen-bond donors (Lipinski definition) is 1. The third-order valence-corrected chi connectivity index (χ3v) is 4.51. The predicted octanol–water partition coefficient (Wildman–Crippen LogP) is 4.26. The second-order valence-electron chi connectivity index (χ2n) is 5.39. The van der Waals surface area contributed by atoms with Gasteiger partial charge in [-0.2, -0.15) is 0 Å². The summed E-state index contributed by atoms with van der Waals surface area (Å²) < 4.78 is 6.53. The smallest absolute Gasteiger partial charge is 0.408 e. The quantitative estimate of drug-likeness (QED) is 0.697. The van der Waals surface area contributed by atoms with Crippen LogP contribution in [0.3, 0.4) is 0 Å². The highest BCUT2D eigenvalue weighted by Gasteiger charge is 2.11. The van der Waals surface area contributed by atoms with Gasteiger partial charge in [-0.25, -0.2) is 4.79 Å². The molecule has 2 aromatic carbocycles. The zero-order valence-corrected chi connectivity index (χ0v) is 15.2. The number of nitrogens with one attached hydrogen (secondary N) is 1. The SMILES string of the molecule is O=C(CCn1c(=O)oc2cc(Cl)ccc21)NCc1ccc(Cl)cc1Cl. The van der Waals surface area contributed by atoms with E-state index in [1.54, 1.807) is 36.4 Å². The number of rotatable bonds is 5. The standard InChI is InChI=1S/C17H13Cl3N2O3/c18-11-2-1-10(13(20)7-11)9-21-16(23)5-6-22-14-4-3-12(19)8-15(14)25-17(22)24/h1-4,7-8H,5-6,9H2,(H,21,23). The van der Waals surface area contributed by atoms with Gasteiger partial charge >= 0.3 is 5.76 Å². The molecule has 0 unspecified atom stereocenters. The lowest BCUT2D eigenvalue weighted by Gasteiger charge is -2.08. The molecule has 0 spiro atoms. The Hall–Kier alpha value is -1.95. The number of aromatic nitrogens is 1. The minimum atomic E-state index is -0.522. The van der Waals surface area contributed by atoms with Crippen LogP contribution in [0.15, 0.2) is 45.6 Å². The minimum absolute atomic E-state index is 0.127. The van der Waals surface area contributed by atoms with E-state index in [9.17, 15) is 9.59 Å². The Bertz CT molecular complexity index is 994. The highest BCUT2D eigenvalue weighted by molar-refractivity contribution is 6.35. The summed E-state index contributed by atoms with van der Waals surface area (Å²) in [5.41, 5.74) is 1.76. The van der Waals surface area contributed by atoms with Gasteiger partial charge in [0.25, 0.3) is 0 Å². The summed E-state index contributed by atoms with van der Waals surface area (Å²) in [5.74, 6) is -0.730. The lowest BCUT2D eigenvalue weighted by molar-refractivity contribution is -0.121. The number of benzene rings is 2. The summed E-state index contributed by atoms with van der Waals surface area (Å²) >= 11 is 17.8. The van der Waals surface area contributed by atoms with Crippen molar-refractivity contribution < 1.29 is 9.21 Å². The van der Waals surface area contributed by atoms with E-state index in [-0.39, 0.29) is 25.4 Å². The number of hydrogen-bond acceptors (Lipinski definition) is 3. The van der Waals surface area contributed by atoms with Crippen LogP contribution in [0.2, 0.25) is 15.1 Å². The van der Waals surface area contributed by atoms with Crippen molar-refractivity contribution in [3.05, 3.63) is 67.6 Å². The minimum Gasteiger partial charge on any atom is -0.408 e. The fourth-order valence-corrected chi connectivity index (χ4v) is 3.05. The van der Waals surface area contributed by atoms with Gasteiger partial charge in [0.05, 0.1) is 5.52 Å². The van der Waals surface area contributed by atoms with E-state index >= 15 is 0 Å². The van der Waals surface area contributed by atoms with Crippen LogP contribution in [0, 0.1) is 0 Å². The first-order valence-electron chi connectivity index (χ1n) is 7.43. The van der Waals surface area contributed by atoms with E-state index in [1.165, 1.54) is 4.57 Å². The van der Waals surface area contributed by atoms with Crippen LogP contribution in [0.25, 0.3) is 11.1 Å². The number of amides is 1. The summed E-state index contributed by atoms with van der Waals surface area (Å²) in [6.07, 6.45) is 0.127. The second kappa shape index (κ2) is 7.52. The van der Waals surface area contributed by atoms with Crippen molar-refractivity contribution in [1.82, 2.24) is 9.88 Å². The molecule has 0 bridgehead atoms. The Kier molecular flexibility index (Phi) is 5.37. The molecule has 1 heterocycles. The van der Waals surface area contributed by atoms with Crippen LogP contribution in [-0.4, -0.2) is 10.5 Å². The third kappa shape index (κ3) is 4.18. The Morgan fingerprint density at radius 1 is 1.08 bits per heavy atom. The van der Waals surface area contributed by atoms with Gasteiger partial charge in [0.1, 0.15) is 0 Å². The molecule has 0 fully saturated rings. The fourth-order valence-electron chi connectivity index (χ4n) is 2.41. The molecule has 130 valence electrons. The fraction of sp³-hybridized carbons (Fsp3) is 0.176. The van der Waals surface area contributed by atoms with E-state index in [0.717, 1.165) is 5.56 Å². The first-order valence-corrected chi connectivity index (χ1v) is 8.57. The van der Waals surface area contributed by atoms with Gasteiger partial charge in [-0.3, -0.25) is 9.36 Å². The maximum atomic E-state index is 12.0. The monoisotopic (exact) mass is 398 g/mol. The van der Waals surface area contributed by atoms with Gasteiger partial charge in [0.2, 0.25) is 5.91 Å². The molecular formula is C17H13Cl3N2O3. The van der Waals surface area contributed by atoms with Crippen molar-refractivity contribution in [2.75, 3.05) is 0 Å². The molecule has 0 aliphatic carbocycles. The maximum absolute atomic E-state index is 12.0. The molecule has 8 heteroatoms. The zero-order chi connectivity index (χ0) is 18.0. The maximum Gasteiger partial charge on any atom is 0.419 e.